The fraction of sp³-hybridized carbons (Fsp3) is 1.00. The van der Waals surface area contributed by atoms with E-state index in [1.807, 2.05) is 0 Å². The monoisotopic (exact) mass is 186 g/mol. The fourth-order valence-corrected chi connectivity index (χ4v) is 1.62. The molecule has 0 fully saturated rings. The maximum Gasteiger partial charge on any atom is 0.00296 e. The van der Waals surface area contributed by atoms with Gasteiger partial charge in [-0.3, -0.25) is 0 Å². The zero-order valence-electron chi connectivity index (χ0n) is 10.2. The van der Waals surface area contributed by atoms with Gasteiger partial charge < -0.3 is 9.80 Å². The molecule has 0 amide bonds. The molecule has 0 rings (SSSR count). The first-order valence-corrected chi connectivity index (χ1v) is 5.19. The Kier molecular flexibility index (Phi) is 5.57. The standard InChI is InChI=1S/C11H26N2/c1-7-11(2,10-13(5)6)8-9-12(3)4/h7-10H2,1-6H3. The van der Waals surface area contributed by atoms with Crippen LogP contribution in [0.25, 0.3) is 0 Å². The topological polar surface area (TPSA) is 6.48 Å². The minimum Gasteiger partial charge on any atom is -0.309 e. The molecule has 13 heavy (non-hydrogen) atoms. The lowest BCUT2D eigenvalue weighted by molar-refractivity contribution is 0.177. The van der Waals surface area contributed by atoms with Gasteiger partial charge in [0.15, 0.2) is 0 Å². The smallest absolute Gasteiger partial charge is 0.00296 e. The number of rotatable bonds is 6. The predicted octanol–water partition coefficient (Wildman–Crippen LogP) is 1.92. The minimum atomic E-state index is 0.480. The quantitative estimate of drug-likeness (QED) is 0.625. The van der Waals surface area contributed by atoms with E-state index >= 15 is 0 Å². The first-order valence-electron chi connectivity index (χ1n) is 5.19. The molecule has 0 heterocycles. The van der Waals surface area contributed by atoms with Crippen LogP contribution in [0.4, 0.5) is 0 Å². The van der Waals surface area contributed by atoms with Crippen LogP contribution in [0.5, 0.6) is 0 Å². The molecule has 0 spiro atoms. The highest BCUT2D eigenvalue weighted by Crippen LogP contribution is 2.26. The molecular weight excluding hydrogens is 160 g/mol. The van der Waals surface area contributed by atoms with Gasteiger partial charge >= 0.3 is 0 Å². The van der Waals surface area contributed by atoms with E-state index < -0.39 is 0 Å². The Morgan fingerprint density at radius 1 is 1.00 bits per heavy atom. The van der Waals surface area contributed by atoms with Crippen molar-refractivity contribution in [2.45, 2.75) is 26.7 Å². The third-order valence-electron chi connectivity index (χ3n) is 2.71. The predicted molar refractivity (Wildman–Crippen MR) is 60.1 cm³/mol. The van der Waals surface area contributed by atoms with E-state index in [2.05, 4.69) is 51.8 Å². The summed E-state index contributed by atoms with van der Waals surface area (Å²) in [6, 6.07) is 0. The first-order chi connectivity index (χ1) is 5.89. The lowest BCUT2D eigenvalue weighted by atomic mass is 9.83. The third-order valence-corrected chi connectivity index (χ3v) is 2.71. The lowest BCUT2D eigenvalue weighted by Crippen LogP contribution is -2.33. The second-order valence-electron chi connectivity index (χ2n) is 4.96. The van der Waals surface area contributed by atoms with Crippen LogP contribution in [0.1, 0.15) is 26.7 Å². The molecule has 0 saturated heterocycles. The van der Waals surface area contributed by atoms with Crippen LogP contribution in [0.3, 0.4) is 0 Å². The second-order valence-corrected chi connectivity index (χ2v) is 4.96. The van der Waals surface area contributed by atoms with Gasteiger partial charge in [0.2, 0.25) is 0 Å². The number of nitrogens with zero attached hydrogens (tertiary/aromatic N) is 2. The lowest BCUT2D eigenvalue weighted by Gasteiger charge is -2.32. The van der Waals surface area contributed by atoms with Crippen LogP contribution in [-0.4, -0.2) is 51.1 Å². The average Bonchev–Trinajstić information content (AvgIpc) is 2.00. The van der Waals surface area contributed by atoms with Crippen LogP contribution in [-0.2, 0) is 0 Å². The summed E-state index contributed by atoms with van der Waals surface area (Å²) in [6.07, 6.45) is 2.55. The zero-order chi connectivity index (χ0) is 10.5. The summed E-state index contributed by atoms with van der Waals surface area (Å²) < 4.78 is 0. The molecule has 0 aromatic rings. The van der Waals surface area contributed by atoms with Gasteiger partial charge in [0.05, 0.1) is 0 Å². The molecule has 0 N–H and O–H groups in total. The molecule has 0 aromatic carbocycles. The zero-order valence-corrected chi connectivity index (χ0v) is 10.2. The van der Waals surface area contributed by atoms with Crippen LogP contribution >= 0.6 is 0 Å². The van der Waals surface area contributed by atoms with Crippen molar-refractivity contribution in [3.05, 3.63) is 0 Å². The van der Waals surface area contributed by atoms with Gasteiger partial charge in [0, 0.05) is 6.54 Å². The van der Waals surface area contributed by atoms with E-state index in [-0.39, 0.29) is 0 Å². The average molecular weight is 186 g/mol. The third kappa shape index (κ3) is 6.05. The van der Waals surface area contributed by atoms with Crippen molar-refractivity contribution in [2.24, 2.45) is 5.41 Å². The normalized spacial score (nSPS) is 16.6. The molecule has 1 atom stereocenters. The summed E-state index contributed by atoms with van der Waals surface area (Å²) in [5, 5.41) is 0. The highest BCUT2D eigenvalue weighted by Gasteiger charge is 2.22. The molecule has 0 aromatic heterocycles. The van der Waals surface area contributed by atoms with Crippen molar-refractivity contribution in [3.8, 4) is 0 Å². The maximum absolute atomic E-state index is 2.39. The van der Waals surface area contributed by atoms with Crippen molar-refractivity contribution < 1.29 is 0 Å². The molecule has 0 aliphatic heterocycles. The Labute approximate surface area is 83.9 Å². The van der Waals surface area contributed by atoms with Gasteiger partial charge in [-0.05, 0) is 53.0 Å². The summed E-state index contributed by atoms with van der Waals surface area (Å²) in [5.41, 5.74) is 0.480. The number of hydrogen-bond acceptors (Lipinski definition) is 2. The second kappa shape index (κ2) is 5.61. The first kappa shape index (κ1) is 12.9. The molecule has 80 valence electrons. The van der Waals surface area contributed by atoms with Crippen LogP contribution in [0.15, 0.2) is 0 Å². The van der Waals surface area contributed by atoms with Gasteiger partial charge in [0.1, 0.15) is 0 Å². The van der Waals surface area contributed by atoms with Gasteiger partial charge in [0.25, 0.3) is 0 Å². The molecular formula is C11H26N2. The Morgan fingerprint density at radius 3 is 1.85 bits per heavy atom. The van der Waals surface area contributed by atoms with Crippen molar-refractivity contribution in [1.29, 1.82) is 0 Å². The molecule has 0 aliphatic rings. The van der Waals surface area contributed by atoms with Gasteiger partial charge in [-0.25, -0.2) is 0 Å². The van der Waals surface area contributed by atoms with Crippen molar-refractivity contribution in [1.82, 2.24) is 9.80 Å². The molecule has 2 heteroatoms. The maximum atomic E-state index is 2.39. The van der Waals surface area contributed by atoms with Crippen LogP contribution in [0, 0.1) is 5.41 Å². The van der Waals surface area contributed by atoms with E-state index in [0.717, 1.165) is 0 Å². The van der Waals surface area contributed by atoms with Gasteiger partial charge in [-0.1, -0.05) is 13.8 Å². The molecule has 0 saturated carbocycles. The fourth-order valence-electron chi connectivity index (χ4n) is 1.62. The van der Waals surface area contributed by atoms with E-state index in [1.54, 1.807) is 0 Å². The van der Waals surface area contributed by atoms with E-state index in [0.29, 0.717) is 5.41 Å². The highest BCUT2D eigenvalue weighted by molar-refractivity contribution is 4.76. The summed E-state index contributed by atoms with van der Waals surface area (Å²) in [4.78, 5) is 4.56. The molecule has 0 radical (unpaired) electrons. The molecule has 1 unspecified atom stereocenters. The summed E-state index contributed by atoms with van der Waals surface area (Å²) in [5.74, 6) is 0. The van der Waals surface area contributed by atoms with E-state index in [4.69, 9.17) is 0 Å². The minimum absolute atomic E-state index is 0.480. The van der Waals surface area contributed by atoms with E-state index in [1.165, 1.54) is 25.9 Å². The summed E-state index contributed by atoms with van der Waals surface area (Å²) in [6.45, 7) is 7.06. The van der Waals surface area contributed by atoms with Crippen LogP contribution < -0.4 is 0 Å². The SMILES string of the molecule is CCC(C)(CCN(C)C)CN(C)C. The summed E-state index contributed by atoms with van der Waals surface area (Å²) in [7, 11) is 8.60. The Balaban J connectivity index is 3.96. The highest BCUT2D eigenvalue weighted by atomic mass is 15.1. The van der Waals surface area contributed by atoms with Crippen LogP contribution in [0.2, 0.25) is 0 Å². The van der Waals surface area contributed by atoms with Gasteiger partial charge in [-0.2, -0.15) is 0 Å². The van der Waals surface area contributed by atoms with Crippen molar-refractivity contribution in [2.75, 3.05) is 41.3 Å². The summed E-state index contributed by atoms with van der Waals surface area (Å²) >= 11 is 0. The number of hydrogen-bond donors (Lipinski definition) is 0. The Bertz CT molecular complexity index is 132. The largest absolute Gasteiger partial charge is 0.309 e. The van der Waals surface area contributed by atoms with Crippen molar-refractivity contribution in [3.63, 3.8) is 0 Å². The molecule has 2 nitrogen and oxygen atoms in total. The van der Waals surface area contributed by atoms with Gasteiger partial charge in [-0.15, -0.1) is 0 Å². The van der Waals surface area contributed by atoms with Crippen molar-refractivity contribution >= 4 is 0 Å². The molecule has 0 bridgehead atoms. The molecule has 0 aliphatic carbocycles. The Morgan fingerprint density at radius 2 is 1.54 bits per heavy atom. The Hall–Kier alpha value is -0.0800. The van der Waals surface area contributed by atoms with E-state index in [9.17, 15) is 0 Å².